The van der Waals surface area contributed by atoms with Gasteiger partial charge in [-0.25, -0.2) is 4.79 Å². The maximum atomic E-state index is 12.6. The van der Waals surface area contributed by atoms with E-state index in [0.717, 1.165) is 5.39 Å². The Morgan fingerprint density at radius 1 is 1.14 bits per heavy atom. The van der Waals surface area contributed by atoms with Gasteiger partial charge in [0.05, 0.1) is 6.54 Å². The van der Waals surface area contributed by atoms with Crippen molar-refractivity contribution in [3.05, 3.63) is 65.0 Å². The van der Waals surface area contributed by atoms with Crippen molar-refractivity contribution in [1.82, 2.24) is 4.90 Å². The molecule has 0 unspecified atom stereocenters. The van der Waals surface area contributed by atoms with E-state index >= 15 is 0 Å². The molecule has 1 atom stereocenters. The van der Waals surface area contributed by atoms with Gasteiger partial charge >= 0.3 is 5.63 Å². The second kappa shape index (κ2) is 8.26. The van der Waals surface area contributed by atoms with Crippen LogP contribution in [0.4, 0.5) is 0 Å². The molecular formula is C22H21NO6. The lowest BCUT2D eigenvalue weighted by molar-refractivity contribution is -0.134. The Hall–Kier alpha value is -3.48. The van der Waals surface area contributed by atoms with Crippen LogP contribution in [0.2, 0.25) is 0 Å². The second-order valence-electron chi connectivity index (χ2n) is 6.67. The monoisotopic (exact) mass is 395 g/mol. The van der Waals surface area contributed by atoms with Crippen molar-refractivity contribution in [3.8, 4) is 17.2 Å². The summed E-state index contributed by atoms with van der Waals surface area (Å²) in [6.07, 6.45) is -0.247. The third-order valence-corrected chi connectivity index (χ3v) is 4.68. The third kappa shape index (κ3) is 4.34. The van der Waals surface area contributed by atoms with E-state index in [1.807, 2.05) is 31.2 Å². The highest BCUT2D eigenvalue weighted by molar-refractivity contribution is 5.79. The number of ether oxygens (including phenoxy) is 3. The first-order valence-corrected chi connectivity index (χ1v) is 9.45. The zero-order valence-corrected chi connectivity index (χ0v) is 16.0. The Balaban J connectivity index is 1.36. The Morgan fingerprint density at radius 2 is 1.93 bits per heavy atom. The van der Waals surface area contributed by atoms with Crippen molar-refractivity contribution in [1.29, 1.82) is 0 Å². The van der Waals surface area contributed by atoms with Gasteiger partial charge < -0.3 is 23.5 Å². The normalized spacial score (nSPS) is 15.1. The number of hydrogen-bond donors (Lipinski definition) is 0. The van der Waals surface area contributed by atoms with Crippen LogP contribution in [-0.2, 0) is 4.79 Å². The van der Waals surface area contributed by atoms with Crippen LogP contribution in [0.15, 0.2) is 63.8 Å². The summed E-state index contributed by atoms with van der Waals surface area (Å²) in [5, 5.41) is 0.785. The van der Waals surface area contributed by atoms with Crippen LogP contribution in [0.25, 0.3) is 11.0 Å². The minimum absolute atomic E-state index is 0.124. The van der Waals surface area contributed by atoms with Gasteiger partial charge in [-0.15, -0.1) is 0 Å². The molecule has 4 rings (SSSR count). The van der Waals surface area contributed by atoms with Gasteiger partial charge in [-0.3, -0.25) is 4.79 Å². The molecule has 0 radical (unpaired) electrons. The fraction of sp³-hybridized carbons (Fsp3) is 0.273. The lowest BCUT2D eigenvalue weighted by Gasteiger charge is -2.30. The number of carbonyl (C=O) groups excluding carboxylic acids is 1. The first kappa shape index (κ1) is 18.9. The summed E-state index contributed by atoms with van der Waals surface area (Å²) in [5.41, 5.74) is -0.0135. The Labute approximate surface area is 167 Å². The highest BCUT2D eigenvalue weighted by Gasteiger charge is 2.25. The molecule has 1 aromatic heterocycles. The molecule has 29 heavy (non-hydrogen) atoms. The number of likely N-dealkylation sites (N-methyl/N-ethyl adjacent to an activating group) is 1. The van der Waals surface area contributed by atoms with Crippen molar-refractivity contribution >= 4 is 16.9 Å². The topological polar surface area (TPSA) is 78.2 Å². The molecule has 0 bridgehead atoms. The Kier molecular flexibility index (Phi) is 5.37. The van der Waals surface area contributed by atoms with Crippen molar-refractivity contribution in [2.75, 3.05) is 26.3 Å². The van der Waals surface area contributed by atoms with Crippen LogP contribution >= 0.6 is 0 Å². The fourth-order valence-electron chi connectivity index (χ4n) is 3.17. The molecule has 0 N–H and O–H groups in total. The predicted octanol–water partition coefficient (Wildman–Crippen LogP) is 2.86. The second-order valence-corrected chi connectivity index (χ2v) is 6.67. The molecule has 150 valence electrons. The van der Waals surface area contributed by atoms with E-state index < -0.39 is 5.63 Å². The summed E-state index contributed by atoms with van der Waals surface area (Å²) in [4.78, 5) is 25.7. The van der Waals surface area contributed by atoms with E-state index in [1.165, 1.54) is 6.07 Å². The maximum absolute atomic E-state index is 12.6. The van der Waals surface area contributed by atoms with Crippen LogP contribution in [0.5, 0.6) is 17.2 Å². The molecule has 0 fully saturated rings. The van der Waals surface area contributed by atoms with Gasteiger partial charge in [0, 0.05) is 24.1 Å². The number of benzene rings is 2. The molecule has 7 nitrogen and oxygen atoms in total. The molecule has 1 amide bonds. The standard InChI is InChI=1S/C22H21NO6/c1-2-23(12-17-13-27-18-5-3-4-6-19(18)28-17)21(24)14-26-16-9-7-15-8-10-22(25)29-20(15)11-16/h3-11,17H,2,12-14H2,1H3/t17-/m0/s1. The van der Waals surface area contributed by atoms with E-state index in [4.69, 9.17) is 18.6 Å². The number of fused-ring (bicyclic) bond motifs is 2. The summed E-state index contributed by atoms with van der Waals surface area (Å²) in [6, 6.07) is 15.6. The van der Waals surface area contributed by atoms with Crippen LogP contribution in [0.1, 0.15) is 6.92 Å². The van der Waals surface area contributed by atoms with Gasteiger partial charge in [-0.2, -0.15) is 0 Å². The largest absolute Gasteiger partial charge is 0.486 e. The summed E-state index contributed by atoms with van der Waals surface area (Å²) in [7, 11) is 0. The van der Waals surface area contributed by atoms with Gasteiger partial charge in [0.25, 0.3) is 5.91 Å². The number of amides is 1. The lowest BCUT2D eigenvalue weighted by Crippen LogP contribution is -2.45. The van der Waals surface area contributed by atoms with Gasteiger partial charge in [0.15, 0.2) is 24.2 Å². The van der Waals surface area contributed by atoms with Gasteiger partial charge in [-0.1, -0.05) is 12.1 Å². The molecule has 0 saturated heterocycles. The van der Waals surface area contributed by atoms with E-state index in [1.54, 1.807) is 29.2 Å². The molecule has 0 saturated carbocycles. The highest BCUT2D eigenvalue weighted by Crippen LogP contribution is 2.31. The summed E-state index contributed by atoms with van der Waals surface area (Å²) >= 11 is 0. The van der Waals surface area contributed by atoms with E-state index in [0.29, 0.717) is 42.5 Å². The number of para-hydroxylation sites is 2. The summed E-state index contributed by atoms with van der Waals surface area (Å²) < 4.78 is 22.4. The molecule has 2 aromatic carbocycles. The summed E-state index contributed by atoms with van der Waals surface area (Å²) in [6.45, 7) is 3.09. The van der Waals surface area contributed by atoms with E-state index in [9.17, 15) is 9.59 Å². The number of rotatable bonds is 6. The Morgan fingerprint density at radius 3 is 2.76 bits per heavy atom. The van der Waals surface area contributed by atoms with E-state index in [-0.39, 0.29) is 18.6 Å². The molecular weight excluding hydrogens is 374 g/mol. The quantitative estimate of drug-likeness (QED) is 0.598. The smallest absolute Gasteiger partial charge is 0.336 e. The number of nitrogens with zero attached hydrogens (tertiary/aromatic N) is 1. The van der Waals surface area contributed by atoms with Crippen LogP contribution in [0.3, 0.4) is 0 Å². The molecule has 3 aromatic rings. The molecule has 2 heterocycles. The highest BCUT2D eigenvalue weighted by atomic mass is 16.6. The average molecular weight is 395 g/mol. The SMILES string of the molecule is CCN(C[C@H]1COc2ccccc2O1)C(=O)COc1ccc2ccc(=O)oc2c1. The molecule has 1 aliphatic rings. The van der Waals surface area contributed by atoms with E-state index in [2.05, 4.69) is 0 Å². The minimum Gasteiger partial charge on any atom is -0.486 e. The van der Waals surface area contributed by atoms with Gasteiger partial charge in [-0.05, 0) is 37.3 Å². The van der Waals surface area contributed by atoms with Gasteiger partial charge in [0.1, 0.15) is 17.9 Å². The minimum atomic E-state index is -0.431. The van der Waals surface area contributed by atoms with Crippen LogP contribution in [-0.4, -0.2) is 43.2 Å². The van der Waals surface area contributed by atoms with Crippen LogP contribution in [0, 0.1) is 0 Å². The first-order valence-electron chi connectivity index (χ1n) is 9.45. The number of hydrogen-bond acceptors (Lipinski definition) is 6. The predicted molar refractivity (Wildman–Crippen MR) is 107 cm³/mol. The lowest BCUT2D eigenvalue weighted by atomic mass is 10.2. The average Bonchev–Trinajstić information content (AvgIpc) is 2.75. The molecule has 0 spiro atoms. The Bertz CT molecular complexity index is 1080. The van der Waals surface area contributed by atoms with Gasteiger partial charge in [0.2, 0.25) is 0 Å². The number of carbonyl (C=O) groups is 1. The molecule has 0 aliphatic carbocycles. The molecule has 7 heteroatoms. The zero-order valence-electron chi connectivity index (χ0n) is 16.0. The van der Waals surface area contributed by atoms with Crippen LogP contribution < -0.4 is 19.8 Å². The fourth-order valence-corrected chi connectivity index (χ4v) is 3.17. The van der Waals surface area contributed by atoms with Crippen molar-refractivity contribution < 1.29 is 23.4 Å². The van der Waals surface area contributed by atoms with Crippen molar-refractivity contribution in [2.24, 2.45) is 0 Å². The van der Waals surface area contributed by atoms with Crippen molar-refractivity contribution in [2.45, 2.75) is 13.0 Å². The third-order valence-electron chi connectivity index (χ3n) is 4.68. The summed E-state index contributed by atoms with van der Waals surface area (Å²) in [5.74, 6) is 1.69. The first-order chi connectivity index (χ1) is 14.1. The van der Waals surface area contributed by atoms with Crippen molar-refractivity contribution in [3.63, 3.8) is 0 Å². The molecule has 1 aliphatic heterocycles. The maximum Gasteiger partial charge on any atom is 0.336 e. The zero-order chi connectivity index (χ0) is 20.2.